The maximum atomic E-state index is 13.3. The summed E-state index contributed by atoms with van der Waals surface area (Å²) >= 11 is 1.49. The molecule has 0 unspecified atom stereocenters. The van der Waals surface area contributed by atoms with Gasteiger partial charge in [-0.1, -0.05) is 18.3 Å². The second-order valence-electron chi connectivity index (χ2n) is 3.80. The van der Waals surface area contributed by atoms with Crippen LogP contribution < -0.4 is 5.32 Å². The normalized spacial score (nSPS) is 10.8. The van der Waals surface area contributed by atoms with Gasteiger partial charge < -0.3 is 5.32 Å². The number of rotatable bonds is 4. The number of hydrogen-bond donors (Lipinski definition) is 1. The van der Waals surface area contributed by atoms with Gasteiger partial charge in [0.1, 0.15) is 15.8 Å². The molecule has 0 saturated heterocycles. The molecule has 1 aromatic heterocycles. The van der Waals surface area contributed by atoms with E-state index >= 15 is 0 Å². The summed E-state index contributed by atoms with van der Waals surface area (Å²) in [5.41, 5.74) is 1.69. The molecule has 2 rings (SSSR count). The van der Waals surface area contributed by atoms with Crippen LogP contribution in [0.4, 0.5) is 4.39 Å². The van der Waals surface area contributed by atoms with Gasteiger partial charge in [0, 0.05) is 12.1 Å². The van der Waals surface area contributed by atoms with Crippen molar-refractivity contribution in [2.45, 2.75) is 20.4 Å². The van der Waals surface area contributed by atoms with Crippen molar-refractivity contribution in [1.29, 1.82) is 0 Å². The van der Waals surface area contributed by atoms with E-state index in [1.165, 1.54) is 23.5 Å². The van der Waals surface area contributed by atoms with Crippen LogP contribution in [0.25, 0.3) is 10.6 Å². The minimum Gasteiger partial charge on any atom is -0.311 e. The van der Waals surface area contributed by atoms with Crippen molar-refractivity contribution in [3.63, 3.8) is 0 Å². The molecule has 0 aliphatic heterocycles. The summed E-state index contributed by atoms with van der Waals surface area (Å²) in [5, 5.41) is 13.0. The monoisotopic (exact) mass is 251 g/mol. The molecule has 2 aromatic rings. The number of aromatic nitrogens is 2. The first kappa shape index (κ1) is 12.1. The van der Waals surface area contributed by atoms with E-state index in [4.69, 9.17) is 0 Å². The molecule has 1 aromatic carbocycles. The highest BCUT2D eigenvalue weighted by atomic mass is 32.1. The summed E-state index contributed by atoms with van der Waals surface area (Å²) in [6.45, 7) is 5.52. The standard InChI is InChI=1S/C12H14FN3S/c1-3-14-7-11-15-16-12(17-11)9-4-8(2)5-10(13)6-9/h4-6,14H,3,7H2,1-2H3. The van der Waals surface area contributed by atoms with Crippen LogP contribution in [0.15, 0.2) is 18.2 Å². The molecule has 0 bridgehead atoms. The van der Waals surface area contributed by atoms with Gasteiger partial charge in [-0.05, 0) is 37.2 Å². The topological polar surface area (TPSA) is 37.8 Å². The maximum absolute atomic E-state index is 13.3. The fraction of sp³-hybridized carbons (Fsp3) is 0.333. The number of halogens is 1. The van der Waals surface area contributed by atoms with Gasteiger partial charge in [0.15, 0.2) is 0 Å². The van der Waals surface area contributed by atoms with Crippen molar-refractivity contribution < 1.29 is 4.39 Å². The molecule has 0 spiro atoms. The molecule has 90 valence electrons. The Morgan fingerprint density at radius 1 is 1.29 bits per heavy atom. The highest BCUT2D eigenvalue weighted by Crippen LogP contribution is 2.25. The summed E-state index contributed by atoms with van der Waals surface area (Å²) in [4.78, 5) is 0. The number of aryl methyl sites for hydroxylation is 1. The molecular weight excluding hydrogens is 237 g/mol. The van der Waals surface area contributed by atoms with E-state index in [1.54, 1.807) is 0 Å². The van der Waals surface area contributed by atoms with Gasteiger partial charge in [0.05, 0.1) is 0 Å². The Hall–Kier alpha value is -1.33. The van der Waals surface area contributed by atoms with E-state index in [9.17, 15) is 4.39 Å². The highest BCUT2D eigenvalue weighted by molar-refractivity contribution is 7.14. The molecule has 0 atom stereocenters. The molecule has 0 fully saturated rings. The minimum absolute atomic E-state index is 0.233. The van der Waals surface area contributed by atoms with E-state index in [-0.39, 0.29) is 5.82 Å². The zero-order chi connectivity index (χ0) is 12.3. The van der Waals surface area contributed by atoms with Crippen LogP contribution in [0.5, 0.6) is 0 Å². The lowest BCUT2D eigenvalue weighted by Gasteiger charge is -1.98. The summed E-state index contributed by atoms with van der Waals surface area (Å²) in [6, 6.07) is 4.91. The molecule has 0 aliphatic rings. The van der Waals surface area contributed by atoms with Crippen LogP contribution >= 0.6 is 11.3 Å². The first-order valence-corrected chi connectivity index (χ1v) is 6.31. The maximum Gasteiger partial charge on any atom is 0.147 e. The number of benzene rings is 1. The molecule has 1 N–H and O–H groups in total. The van der Waals surface area contributed by atoms with Crippen LogP contribution in [0.3, 0.4) is 0 Å². The van der Waals surface area contributed by atoms with Crippen molar-refractivity contribution >= 4 is 11.3 Å². The highest BCUT2D eigenvalue weighted by Gasteiger charge is 2.07. The van der Waals surface area contributed by atoms with Crippen molar-refractivity contribution in [2.75, 3.05) is 6.54 Å². The van der Waals surface area contributed by atoms with Crippen LogP contribution in [-0.4, -0.2) is 16.7 Å². The smallest absolute Gasteiger partial charge is 0.147 e. The Bertz CT molecular complexity index is 490. The summed E-state index contributed by atoms with van der Waals surface area (Å²) in [5.74, 6) is -0.233. The zero-order valence-electron chi connectivity index (χ0n) is 9.83. The first-order chi connectivity index (χ1) is 8.19. The lowest BCUT2D eigenvalue weighted by molar-refractivity contribution is 0.627. The van der Waals surface area contributed by atoms with E-state index in [2.05, 4.69) is 15.5 Å². The largest absolute Gasteiger partial charge is 0.311 e. The molecule has 3 nitrogen and oxygen atoms in total. The summed E-state index contributed by atoms with van der Waals surface area (Å²) in [6.07, 6.45) is 0. The third-order valence-corrected chi connectivity index (χ3v) is 3.25. The lowest BCUT2D eigenvalue weighted by Crippen LogP contribution is -2.11. The van der Waals surface area contributed by atoms with Crippen LogP contribution in [0.1, 0.15) is 17.5 Å². The molecule has 0 saturated carbocycles. The average Bonchev–Trinajstić information content (AvgIpc) is 2.73. The van der Waals surface area contributed by atoms with Crippen molar-refractivity contribution in [3.8, 4) is 10.6 Å². The Morgan fingerprint density at radius 2 is 2.12 bits per heavy atom. The van der Waals surface area contributed by atoms with Crippen molar-refractivity contribution in [2.24, 2.45) is 0 Å². The van der Waals surface area contributed by atoms with Gasteiger partial charge in [-0.2, -0.15) is 0 Å². The Labute approximate surface area is 104 Å². The Morgan fingerprint density at radius 3 is 2.82 bits per heavy atom. The molecular formula is C12H14FN3S. The van der Waals surface area contributed by atoms with Gasteiger partial charge in [-0.25, -0.2) is 4.39 Å². The Kier molecular flexibility index (Phi) is 3.81. The minimum atomic E-state index is -0.233. The fourth-order valence-corrected chi connectivity index (χ4v) is 2.33. The van der Waals surface area contributed by atoms with Crippen molar-refractivity contribution in [1.82, 2.24) is 15.5 Å². The van der Waals surface area contributed by atoms with Gasteiger partial charge in [-0.3, -0.25) is 0 Å². The predicted octanol–water partition coefficient (Wildman–Crippen LogP) is 2.76. The predicted molar refractivity (Wildman–Crippen MR) is 67.4 cm³/mol. The van der Waals surface area contributed by atoms with Gasteiger partial charge in [-0.15, -0.1) is 10.2 Å². The molecule has 17 heavy (non-hydrogen) atoms. The summed E-state index contributed by atoms with van der Waals surface area (Å²) < 4.78 is 13.3. The van der Waals surface area contributed by atoms with E-state index in [0.29, 0.717) is 6.54 Å². The third kappa shape index (κ3) is 3.08. The zero-order valence-corrected chi connectivity index (χ0v) is 10.6. The van der Waals surface area contributed by atoms with Gasteiger partial charge in [0.2, 0.25) is 0 Å². The average molecular weight is 251 g/mol. The number of hydrogen-bond acceptors (Lipinski definition) is 4. The number of nitrogens with zero attached hydrogens (tertiary/aromatic N) is 2. The Balaban J connectivity index is 2.24. The molecule has 0 radical (unpaired) electrons. The quantitative estimate of drug-likeness (QED) is 0.908. The summed E-state index contributed by atoms with van der Waals surface area (Å²) in [7, 11) is 0. The van der Waals surface area contributed by atoms with Gasteiger partial charge >= 0.3 is 0 Å². The lowest BCUT2D eigenvalue weighted by atomic mass is 10.1. The van der Waals surface area contributed by atoms with Crippen molar-refractivity contribution in [3.05, 3.63) is 34.6 Å². The number of nitrogens with one attached hydrogen (secondary N) is 1. The second kappa shape index (κ2) is 5.33. The third-order valence-electron chi connectivity index (χ3n) is 2.28. The second-order valence-corrected chi connectivity index (χ2v) is 4.86. The first-order valence-electron chi connectivity index (χ1n) is 5.49. The van der Waals surface area contributed by atoms with E-state index in [0.717, 1.165) is 27.7 Å². The fourth-order valence-electron chi connectivity index (χ4n) is 1.53. The van der Waals surface area contributed by atoms with Gasteiger partial charge in [0.25, 0.3) is 0 Å². The van der Waals surface area contributed by atoms with E-state index in [1.807, 2.05) is 19.9 Å². The molecule has 1 heterocycles. The van der Waals surface area contributed by atoms with E-state index < -0.39 is 0 Å². The van der Waals surface area contributed by atoms with Crippen LogP contribution in [-0.2, 0) is 6.54 Å². The molecule has 5 heteroatoms. The molecule has 0 aliphatic carbocycles. The van der Waals surface area contributed by atoms with Crippen LogP contribution in [0, 0.1) is 12.7 Å². The van der Waals surface area contributed by atoms with Crippen LogP contribution in [0.2, 0.25) is 0 Å². The molecule has 0 amide bonds. The SMILES string of the molecule is CCNCc1nnc(-c2cc(C)cc(F)c2)s1.